The van der Waals surface area contributed by atoms with Gasteiger partial charge in [0, 0.05) is 10.9 Å². The van der Waals surface area contributed by atoms with Crippen LogP contribution in [0.3, 0.4) is 0 Å². The van der Waals surface area contributed by atoms with Gasteiger partial charge in [0.25, 0.3) is 0 Å². The first kappa shape index (κ1) is 15.2. The Morgan fingerprint density at radius 1 is 1.08 bits per heavy atom. The minimum absolute atomic E-state index is 0.563. The van der Waals surface area contributed by atoms with Gasteiger partial charge in [-0.1, -0.05) is 35.0 Å². The molecule has 4 nitrogen and oxygen atoms in total. The fraction of sp³-hybridized carbons (Fsp3) is 0.167. The van der Waals surface area contributed by atoms with Gasteiger partial charge in [0.15, 0.2) is 0 Å². The second-order valence-electron chi connectivity index (χ2n) is 5.61. The molecule has 4 aromatic rings. The molecule has 1 aromatic carbocycles. The lowest BCUT2D eigenvalue weighted by atomic mass is 10.0. The number of hydrogen-bond donors (Lipinski definition) is 0. The van der Waals surface area contributed by atoms with Gasteiger partial charge in [-0.15, -0.1) is 22.7 Å². The third-order valence-corrected chi connectivity index (χ3v) is 5.44. The highest BCUT2D eigenvalue weighted by Crippen LogP contribution is 2.27. The molecule has 4 rings (SSSR count). The molecule has 0 aliphatic rings. The van der Waals surface area contributed by atoms with E-state index in [1.54, 1.807) is 22.7 Å². The predicted octanol–water partition coefficient (Wildman–Crippen LogP) is 5.13. The number of benzene rings is 1. The number of nitrogens with zero attached hydrogens (tertiary/aromatic N) is 3. The first-order valence-electron chi connectivity index (χ1n) is 7.57. The third-order valence-electron chi connectivity index (χ3n) is 3.72. The van der Waals surface area contributed by atoms with Crippen LogP contribution in [0.4, 0.5) is 0 Å². The van der Waals surface area contributed by atoms with Gasteiger partial charge in [-0.3, -0.25) is 0 Å². The van der Waals surface area contributed by atoms with Gasteiger partial charge in [-0.05, 0) is 30.9 Å². The van der Waals surface area contributed by atoms with Gasteiger partial charge in [0.1, 0.15) is 5.01 Å². The number of aryl methyl sites for hydroxylation is 2. The van der Waals surface area contributed by atoms with Crippen LogP contribution in [0.25, 0.3) is 22.0 Å². The summed E-state index contributed by atoms with van der Waals surface area (Å²) in [5, 5.41) is 9.11. The molecule has 0 radical (unpaired) electrons. The maximum absolute atomic E-state index is 5.36. The number of thiazole rings is 1. The van der Waals surface area contributed by atoms with Crippen LogP contribution < -0.4 is 0 Å². The van der Waals surface area contributed by atoms with Crippen molar-refractivity contribution in [1.82, 2.24) is 15.1 Å². The van der Waals surface area contributed by atoms with Crippen molar-refractivity contribution in [2.45, 2.75) is 20.3 Å². The van der Waals surface area contributed by atoms with E-state index in [2.05, 4.69) is 47.6 Å². The molecular formula is C18H15N3OS2. The van der Waals surface area contributed by atoms with E-state index in [0.717, 1.165) is 15.6 Å². The lowest BCUT2D eigenvalue weighted by Crippen LogP contribution is -1.89. The number of thiophene rings is 1. The van der Waals surface area contributed by atoms with Crippen LogP contribution in [0.5, 0.6) is 0 Å². The van der Waals surface area contributed by atoms with E-state index in [1.165, 1.54) is 16.7 Å². The summed E-state index contributed by atoms with van der Waals surface area (Å²) in [4.78, 5) is 10.2. The van der Waals surface area contributed by atoms with Crippen LogP contribution in [0.15, 0.2) is 45.6 Å². The third kappa shape index (κ3) is 3.02. The van der Waals surface area contributed by atoms with Gasteiger partial charge < -0.3 is 4.52 Å². The van der Waals surface area contributed by atoms with Crippen LogP contribution >= 0.6 is 22.7 Å². The van der Waals surface area contributed by atoms with Gasteiger partial charge in [-0.25, -0.2) is 4.98 Å². The molecule has 0 saturated heterocycles. The molecule has 0 bridgehead atoms. The van der Waals surface area contributed by atoms with Crippen molar-refractivity contribution in [3.63, 3.8) is 0 Å². The summed E-state index contributed by atoms with van der Waals surface area (Å²) in [6.45, 7) is 4.22. The van der Waals surface area contributed by atoms with Crippen molar-refractivity contribution in [1.29, 1.82) is 0 Å². The molecule has 0 amide bonds. The minimum atomic E-state index is 0.563. The summed E-state index contributed by atoms with van der Waals surface area (Å²) in [5.41, 5.74) is 4.68. The summed E-state index contributed by atoms with van der Waals surface area (Å²) in [6.07, 6.45) is 0.563. The zero-order chi connectivity index (χ0) is 16.5. The normalized spacial score (nSPS) is 11.1. The summed E-state index contributed by atoms with van der Waals surface area (Å²) < 4.78 is 5.36. The van der Waals surface area contributed by atoms with Gasteiger partial charge in [0.2, 0.25) is 11.7 Å². The Labute approximate surface area is 147 Å². The standard InChI is InChI=1S/C18H15N3OS2/c1-11-5-6-13(12(2)8-11)14-10-24-17(19-14)9-16-20-18(21-22-16)15-4-3-7-23-15/h3-8,10H,9H2,1-2H3. The molecule has 6 heteroatoms. The van der Waals surface area contributed by atoms with Crippen molar-refractivity contribution in [3.8, 4) is 22.0 Å². The van der Waals surface area contributed by atoms with Crippen molar-refractivity contribution in [3.05, 3.63) is 63.1 Å². The van der Waals surface area contributed by atoms with Crippen molar-refractivity contribution in [2.24, 2.45) is 0 Å². The number of aromatic nitrogens is 3. The van der Waals surface area contributed by atoms with Crippen molar-refractivity contribution >= 4 is 22.7 Å². The van der Waals surface area contributed by atoms with Crippen LogP contribution in [0.2, 0.25) is 0 Å². The molecule has 0 fully saturated rings. The van der Waals surface area contributed by atoms with E-state index in [9.17, 15) is 0 Å². The molecule has 24 heavy (non-hydrogen) atoms. The Hall–Kier alpha value is -2.31. The van der Waals surface area contributed by atoms with Gasteiger partial charge in [0.05, 0.1) is 17.0 Å². The summed E-state index contributed by atoms with van der Waals surface area (Å²) in [5.74, 6) is 1.24. The van der Waals surface area contributed by atoms with Gasteiger partial charge >= 0.3 is 0 Å². The summed E-state index contributed by atoms with van der Waals surface area (Å²) >= 11 is 3.22. The van der Waals surface area contributed by atoms with Crippen molar-refractivity contribution < 1.29 is 4.52 Å². The first-order valence-corrected chi connectivity index (χ1v) is 9.33. The van der Waals surface area contributed by atoms with Crippen LogP contribution in [0, 0.1) is 13.8 Å². The molecule has 0 aliphatic carbocycles. The number of rotatable bonds is 4. The zero-order valence-electron chi connectivity index (χ0n) is 13.3. The Kier molecular flexibility index (Phi) is 4.00. The molecule has 0 unspecified atom stereocenters. The molecule has 3 heterocycles. The average molecular weight is 353 g/mol. The highest BCUT2D eigenvalue weighted by molar-refractivity contribution is 7.13. The van der Waals surface area contributed by atoms with E-state index >= 15 is 0 Å². The number of hydrogen-bond acceptors (Lipinski definition) is 6. The van der Waals surface area contributed by atoms with E-state index in [4.69, 9.17) is 9.51 Å². The van der Waals surface area contributed by atoms with Crippen LogP contribution in [-0.2, 0) is 6.42 Å². The fourth-order valence-electron chi connectivity index (χ4n) is 2.58. The Morgan fingerprint density at radius 2 is 2.00 bits per heavy atom. The highest BCUT2D eigenvalue weighted by atomic mass is 32.1. The quantitative estimate of drug-likeness (QED) is 0.510. The summed E-state index contributed by atoms with van der Waals surface area (Å²) in [6, 6.07) is 10.4. The van der Waals surface area contributed by atoms with Gasteiger partial charge in [-0.2, -0.15) is 4.98 Å². The lowest BCUT2D eigenvalue weighted by molar-refractivity contribution is 0.385. The van der Waals surface area contributed by atoms with E-state index < -0.39 is 0 Å². The molecule has 3 aromatic heterocycles. The Bertz CT molecular complexity index is 970. The van der Waals surface area contributed by atoms with E-state index in [0.29, 0.717) is 18.1 Å². The largest absolute Gasteiger partial charge is 0.338 e. The van der Waals surface area contributed by atoms with Crippen LogP contribution in [0.1, 0.15) is 22.0 Å². The molecule has 0 aliphatic heterocycles. The smallest absolute Gasteiger partial charge is 0.233 e. The van der Waals surface area contributed by atoms with E-state index in [1.807, 2.05) is 17.5 Å². The fourth-order valence-corrected chi connectivity index (χ4v) is 4.01. The SMILES string of the molecule is Cc1ccc(-c2csc(Cc3nc(-c4cccs4)no3)n2)c(C)c1. The summed E-state index contributed by atoms with van der Waals surface area (Å²) in [7, 11) is 0. The van der Waals surface area contributed by atoms with Crippen LogP contribution in [-0.4, -0.2) is 15.1 Å². The zero-order valence-corrected chi connectivity index (χ0v) is 14.9. The second-order valence-corrected chi connectivity index (χ2v) is 7.50. The first-order chi connectivity index (χ1) is 11.7. The van der Waals surface area contributed by atoms with Crippen molar-refractivity contribution in [2.75, 3.05) is 0 Å². The monoisotopic (exact) mass is 353 g/mol. The second kappa shape index (κ2) is 6.30. The maximum Gasteiger partial charge on any atom is 0.233 e. The molecule has 120 valence electrons. The van der Waals surface area contributed by atoms with E-state index in [-0.39, 0.29) is 0 Å². The lowest BCUT2D eigenvalue weighted by Gasteiger charge is -2.03. The Morgan fingerprint density at radius 3 is 2.79 bits per heavy atom. The highest BCUT2D eigenvalue weighted by Gasteiger charge is 2.13. The molecule has 0 atom stereocenters. The molecule has 0 spiro atoms. The molecule has 0 saturated carbocycles. The Balaban J connectivity index is 1.55. The maximum atomic E-state index is 5.36. The molecular weight excluding hydrogens is 338 g/mol. The predicted molar refractivity (Wildman–Crippen MR) is 97.4 cm³/mol. The minimum Gasteiger partial charge on any atom is -0.338 e. The average Bonchev–Trinajstić information content (AvgIpc) is 3.28. The topological polar surface area (TPSA) is 51.8 Å². The molecule has 0 N–H and O–H groups in total.